The van der Waals surface area contributed by atoms with Crippen molar-refractivity contribution in [2.24, 2.45) is 4.99 Å². The molecule has 0 N–H and O–H groups in total. The molecule has 156 valence electrons. The lowest BCUT2D eigenvalue weighted by molar-refractivity contribution is -0.134. The molecule has 7 heteroatoms. The van der Waals surface area contributed by atoms with Crippen LogP contribution in [-0.2, 0) is 14.3 Å². The van der Waals surface area contributed by atoms with Gasteiger partial charge in [0.05, 0.1) is 8.95 Å². The molecule has 30 heavy (non-hydrogen) atoms. The van der Waals surface area contributed by atoms with Gasteiger partial charge in [-0.15, -0.1) is 0 Å². The number of nitrogens with zero attached hydrogens (tertiary/aromatic N) is 1. The van der Waals surface area contributed by atoms with Crippen LogP contribution in [-0.4, -0.2) is 17.8 Å². The molecule has 1 heterocycles. The summed E-state index contributed by atoms with van der Waals surface area (Å²) < 4.78 is 11.9. The van der Waals surface area contributed by atoms with Crippen molar-refractivity contribution in [3.63, 3.8) is 0 Å². The first kappa shape index (κ1) is 22.4. The van der Waals surface area contributed by atoms with Crippen LogP contribution in [0.1, 0.15) is 56.2 Å². The van der Waals surface area contributed by atoms with E-state index >= 15 is 0 Å². The van der Waals surface area contributed by atoms with Crippen LogP contribution >= 0.6 is 31.9 Å². The minimum Gasteiger partial charge on any atom is -0.424 e. The third-order valence-corrected chi connectivity index (χ3v) is 5.62. The van der Waals surface area contributed by atoms with Gasteiger partial charge in [0.15, 0.2) is 11.4 Å². The molecule has 3 rings (SSSR count). The zero-order valence-corrected chi connectivity index (χ0v) is 20.0. The molecule has 0 atom stereocenters. The van der Waals surface area contributed by atoms with Crippen LogP contribution in [0.5, 0.6) is 5.75 Å². The second-order valence-corrected chi connectivity index (χ2v) is 8.86. The number of aliphatic imine (C=N–C) groups is 1. The molecule has 1 aliphatic rings. The molecule has 0 saturated heterocycles. The van der Waals surface area contributed by atoms with E-state index in [0.29, 0.717) is 39.0 Å². The monoisotopic (exact) mass is 533 g/mol. The number of rotatable bonds is 6. The van der Waals surface area contributed by atoms with Gasteiger partial charge in [-0.05, 0) is 85.7 Å². The number of carbonyl (C=O) groups excluding carboxylic acids is 2. The number of hydrogen-bond donors (Lipinski definition) is 0. The average molecular weight is 535 g/mol. The molecule has 1 aliphatic heterocycles. The topological polar surface area (TPSA) is 65.0 Å². The SMILES string of the molecule is CCCC(=O)Oc1c(Br)cc(/C=C2\N=C(c3ccc(C(C)C)cc3)OC2=O)cc1Br. The molecular formula is C23H21Br2NO4. The molecule has 2 aromatic carbocycles. The molecule has 0 aromatic heterocycles. The van der Waals surface area contributed by atoms with Gasteiger partial charge in [-0.3, -0.25) is 4.79 Å². The van der Waals surface area contributed by atoms with Gasteiger partial charge in [-0.25, -0.2) is 9.79 Å². The average Bonchev–Trinajstić information content (AvgIpc) is 3.05. The largest absolute Gasteiger partial charge is 0.424 e. The fourth-order valence-electron chi connectivity index (χ4n) is 2.83. The number of ether oxygens (including phenoxy) is 2. The van der Waals surface area contributed by atoms with Gasteiger partial charge in [0.1, 0.15) is 0 Å². The van der Waals surface area contributed by atoms with Crippen LogP contribution in [0.4, 0.5) is 0 Å². The van der Waals surface area contributed by atoms with Crippen LogP contribution < -0.4 is 4.74 Å². The van der Waals surface area contributed by atoms with Crippen molar-refractivity contribution in [1.29, 1.82) is 0 Å². The van der Waals surface area contributed by atoms with E-state index in [2.05, 4.69) is 50.7 Å². The molecule has 0 fully saturated rings. The molecule has 0 spiro atoms. The molecule has 0 bridgehead atoms. The molecule has 0 unspecified atom stereocenters. The summed E-state index contributed by atoms with van der Waals surface area (Å²) >= 11 is 6.84. The fourth-order valence-corrected chi connectivity index (χ4v) is 4.21. The number of cyclic esters (lactones) is 1. The summed E-state index contributed by atoms with van der Waals surface area (Å²) in [6, 6.07) is 11.3. The second-order valence-electron chi connectivity index (χ2n) is 7.15. The lowest BCUT2D eigenvalue weighted by Crippen LogP contribution is -2.08. The quantitative estimate of drug-likeness (QED) is 0.245. The van der Waals surface area contributed by atoms with Crippen LogP contribution in [0.15, 0.2) is 56.0 Å². The highest BCUT2D eigenvalue weighted by Crippen LogP contribution is 2.36. The van der Waals surface area contributed by atoms with E-state index in [4.69, 9.17) is 9.47 Å². The van der Waals surface area contributed by atoms with Crippen molar-refractivity contribution in [3.8, 4) is 5.75 Å². The highest BCUT2D eigenvalue weighted by atomic mass is 79.9. The first-order chi connectivity index (χ1) is 14.3. The van der Waals surface area contributed by atoms with Gasteiger partial charge >= 0.3 is 11.9 Å². The van der Waals surface area contributed by atoms with E-state index in [0.717, 1.165) is 5.56 Å². The molecule has 2 aromatic rings. The van der Waals surface area contributed by atoms with E-state index in [1.54, 1.807) is 18.2 Å². The Labute approximate surface area is 192 Å². The number of benzene rings is 2. The Morgan fingerprint density at radius 1 is 1.17 bits per heavy atom. The molecule has 0 amide bonds. The summed E-state index contributed by atoms with van der Waals surface area (Å²) in [5.41, 5.74) is 2.86. The summed E-state index contributed by atoms with van der Waals surface area (Å²) in [4.78, 5) is 28.4. The lowest BCUT2D eigenvalue weighted by Gasteiger charge is -2.09. The Kier molecular flexibility index (Phi) is 7.26. The first-order valence-corrected chi connectivity index (χ1v) is 11.2. The van der Waals surface area contributed by atoms with E-state index in [9.17, 15) is 9.59 Å². The Morgan fingerprint density at radius 2 is 1.80 bits per heavy atom. The maximum atomic E-state index is 12.3. The summed E-state index contributed by atoms with van der Waals surface area (Å²) in [7, 11) is 0. The van der Waals surface area contributed by atoms with Crippen molar-refractivity contribution < 1.29 is 19.1 Å². The smallest absolute Gasteiger partial charge is 0.363 e. The van der Waals surface area contributed by atoms with Crippen LogP contribution in [0.25, 0.3) is 6.08 Å². The van der Waals surface area contributed by atoms with E-state index in [1.807, 2.05) is 31.2 Å². The van der Waals surface area contributed by atoms with Gasteiger partial charge in [0, 0.05) is 12.0 Å². The number of carbonyl (C=O) groups is 2. The maximum absolute atomic E-state index is 12.3. The van der Waals surface area contributed by atoms with E-state index in [-0.39, 0.29) is 17.6 Å². The summed E-state index contributed by atoms with van der Waals surface area (Å²) in [5, 5.41) is 0. The van der Waals surface area contributed by atoms with Crippen molar-refractivity contribution in [2.75, 3.05) is 0 Å². The number of hydrogen-bond acceptors (Lipinski definition) is 5. The van der Waals surface area contributed by atoms with E-state index < -0.39 is 5.97 Å². The van der Waals surface area contributed by atoms with Gasteiger partial charge in [-0.2, -0.15) is 0 Å². The predicted octanol–water partition coefficient (Wildman–Crippen LogP) is 6.39. The van der Waals surface area contributed by atoms with Gasteiger partial charge in [0.2, 0.25) is 5.90 Å². The minimum absolute atomic E-state index is 0.201. The van der Waals surface area contributed by atoms with E-state index in [1.165, 1.54) is 5.56 Å². The normalized spacial score (nSPS) is 14.8. The second kappa shape index (κ2) is 9.71. The third kappa shape index (κ3) is 5.26. The molecular weight excluding hydrogens is 514 g/mol. The zero-order chi connectivity index (χ0) is 21.8. The van der Waals surface area contributed by atoms with Crippen LogP contribution in [0, 0.1) is 0 Å². The number of esters is 2. The minimum atomic E-state index is -0.511. The van der Waals surface area contributed by atoms with Gasteiger partial charge in [-0.1, -0.05) is 32.9 Å². The fraction of sp³-hybridized carbons (Fsp3) is 0.261. The van der Waals surface area contributed by atoms with Gasteiger partial charge < -0.3 is 9.47 Å². The summed E-state index contributed by atoms with van der Waals surface area (Å²) in [6.45, 7) is 6.15. The highest BCUT2D eigenvalue weighted by molar-refractivity contribution is 9.11. The molecule has 0 radical (unpaired) electrons. The third-order valence-electron chi connectivity index (χ3n) is 4.44. The van der Waals surface area contributed by atoms with Gasteiger partial charge in [0.25, 0.3) is 0 Å². The zero-order valence-electron chi connectivity index (χ0n) is 16.9. The molecule has 0 saturated carbocycles. The molecule has 5 nitrogen and oxygen atoms in total. The van der Waals surface area contributed by atoms with Crippen molar-refractivity contribution in [1.82, 2.24) is 0 Å². The Hall–Kier alpha value is -2.25. The maximum Gasteiger partial charge on any atom is 0.363 e. The molecule has 0 aliphatic carbocycles. The Balaban J connectivity index is 1.85. The standard InChI is InChI=1S/C23H21Br2NO4/c1-4-5-20(27)29-21-17(24)10-14(11-18(21)25)12-19-23(28)30-22(26-19)16-8-6-15(7-9-16)13(2)3/h6-13H,4-5H2,1-3H3/b19-12-. The predicted molar refractivity (Wildman–Crippen MR) is 124 cm³/mol. The van der Waals surface area contributed by atoms with Crippen LogP contribution in [0.3, 0.4) is 0 Å². The summed E-state index contributed by atoms with van der Waals surface area (Å²) in [5.74, 6) is 0.290. The Bertz CT molecular complexity index is 1020. The van der Waals surface area contributed by atoms with Crippen LogP contribution in [0.2, 0.25) is 0 Å². The lowest BCUT2D eigenvalue weighted by atomic mass is 10.0. The summed E-state index contributed by atoms with van der Waals surface area (Å²) in [6.07, 6.45) is 2.68. The highest BCUT2D eigenvalue weighted by Gasteiger charge is 2.24. The number of halogens is 2. The van der Waals surface area contributed by atoms with Crippen molar-refractivity contribution >= 4 is 55.8 Å². The van der Waals surface area contributed by atoms with Crippen molar-refractivity contribution in [2.45, 2.75) is 39.5 Å². The first-order valence-electron chi connectivity index (χ1n) is 9.61. The Morgan fingerprint density at radius 3 is 2.37 bits per heavy atom. The van der Waals surface area contributed by atoms with Crippen molar-refractivity contribution in [3.05, 3.63) is 67.7 Å².